The molecule has 0 aliphatic rings. The lowest BCUT2D eigenvalue weighted by molar-refractivity contribution is 0.490. The summed E-state index contributed by atoms with van der Waals surface area (Å²) in [4.78, 5) is 10.8. The van der Waals surface area contributed by atoms with Crippen LogP contribution in [0.3, 0.4) is 0 Å². The minimum Gasteiger partial charge on any atom is -0.467 e. The highest BCUT2D eigenvalue weighted by Crippen LogP contribution is 2.29. The van der Waals surface area contributed by atoms with Crippen molar-refractivity contribution in [2.75, 3.05) is 5.73 Å². The Labute approximate surface area is 86.7 Å². The molecule has 1 aromatic heterocycles. The van der Waals surface area contributed by atoms with Crippen LogP contribution in [-0.2, 0) is 0 Å². The van der Waals surface area contributed by atoms with Crippen molar-refractivity contribution in [2.24, 2.45) is 5.18 Å². The zero-order valence-electron chi connectivity index (χ0n) is 7.96. The third kappa shape index (κ3) is 1.74. The summed E-state index contributed by atoms with van der Waals surface area (Å²) in [6.07, 6.45) is 1.51. The van der Waals surface area contributed by atoms with E-state index in [9.17, 15) is 4.91 Å². The second-order valence-corrected chi connectivity index (χ2v) is 3.15. The highest BCUT2D eigenvalue weighted by atomic mass is 16.3. The first-order chi connectivity index (χ1) is 7.33. The molecule has 0 saturated carbocycles. The summed E-state index contributed by atoms with van der Waals surface area (Å²) in [7, 11) is 0. The number of para-hydroxylation sites is 1. The Balaban J connectivity index is 2.44. The second kappa shape index (κ2) is 3.96. The molecule has 0 aliphatic carbocycles. The molecule has 0 radical (unpaired) electrons. The van der Waals surface area contributed by atoms with Crippen molar-refractivity contribution in [1.29, 1.82) is 0 Å². The van der Waals surface area contributed by atoms with Gasteiger partial charge in [-0.2, -0.15) is 0 Å². The summed E-state index contributed by atoms with van der Waals surface area (Å²) < 4.78 is 5.15. The van der Waals surface area contributed by atoms with Gasteiger partial charge in [0.05, 0.1) is 6.26 Å². The van der Waals surface area contributed by atoms with Gasteiger partial charge in [0.2, 0.25) is 0 Å². The predicted octanol–water partition coefficient (Wildman–Crippen LogP) is 2.72. The molecule has 1 aromatic carbocycles. The van der Waals surface area contributed by atoms with Crippen molar-refractivity contribution in [3.05, 3.63) is 58.9 Å². The molecule has 0 amide bonds. The number of nitroso groups, excluding NO2 is 1. The van der Waals surface area contributed by atoms with Gasteiger partial charge in [-0.1, -0.05) is 23.4 Å². The van der Waals surface area contributed by atoms with Gasteiger partial charge in [0, 0.05) is 11.3 Å². The monoisotopic (exact) mass is 202 g/mol. The molecule has 0 saturated heterocycles. The lowest BCUT2D eigenvalue weighted by Gasteiger charge is -2.08. The van der Waals surface area contributed by atoms with Gasteiger partial charge in [-0.05, 0) is 18.2 Å². The van der Waals surface area contributed by atoms with E-state index in [2.05, 4.69) is 5.18 Å². The van der Waals surface area contributed by atoms with Crippen LogP contribution in [-0.4, -0.2) is 0 Å². The molecule has 15 heavy (non-hydrogen) atoms. The Morgan fingerprint density at radius 3 is 2.60 bits per heavy atom. The average Bonchev–Trinajstić information content (AvgIpc) is 2.75. The van der Waals surface area contributed by atoms with Crippen LogP contribution in [0.5, 0.6) is 0 Å². The molecule has 76 valence electrons. The first-order valence-corrected chi connectivity index (χ1v) is 4.53. The lowest BCUT2D eigenvalue weighted by atomic mass is 10.0. The number of nitrogens with zero attached hydrogens (tertiary/aromatic N) is 1. The summed E-state index contributed by atoms with van der Waals surface area (Å²) in [5.41, 5.74) is 6.97. The first kappa shape index (κ1) is 9.45. The number of furan rings is 1. The van der Waals surface area contributed by atoms with Crippen molar-refractivity contribution < 1.29 is 4.42 Å². The molecule has 2 N–H and O–H groups in total. The van der Waals surface area contributed by atoms with Crippen LogP contribution in [0.25, 0.3) is 0 Å². The van der Waals surface area contributed by atoms with E-state index < -0.39 is 6.04 Å². The number of hydrogen-bond donors (Lipinski definition) is 1. The van der Waals surface area contributed by atoms with E-state index >= 15 is 0 Å². The van der Waals surface area contributed by atoms with E-state index in [4.69, 9.17) is 10.2 Å². The fourth-order valence-electron chi connectivity index (χ4n) is 1.47. The van der Waals surface area contributed by atoms with Crippen molar-refractivity contribution >= 4 is 5.69 Å². The number of nitrogen functional groups attached to an aromatic ring is 1. The minimum atomic E-state index is -0.666. The highest BCUT2D eigenvalue weighted by Gasteiger charge is 2.19. The average molecular weight is 202 g/mol. The first-order valence-electron chi connectivity index (χ1n) is 4.53. The molecule has 2 rings (SSSR count). The number of rotatable bonds is 3. The standard InChI is InChI=1S/C11H10N2O2/c12-9-5-2-1-4-8(9)11(13-14)10-6-3-7-15-10/h1-7,11H,12H2. The minimum absolute atomic E-state index is 0.503. The Hall–Kier alpha value is -2.10. The van der Waals surface area contributed by atoms with Gasteiger partial charge in [0.25, 0.3) is 0 Å². The topological polar surface area (TPSA) is 68.6 Å². The maximum Gasteiger partial charge on any atom is 0.176 e. The van der Waals surface area contributed by atoms with Crippen LogP contribution >= 0.6 is 0 Å². The van der Waals surface area contributed by atoms with Crippen molar-refractivity contribution in [2.45, 2.75) is 6.04 Å². The van der Waals surface area contributed by atoms with Gasteiger partial charge in [0.15, 0.2) is 6.04 Å². The molecule has 0 aliphatic heterocycles. The maximum atomic E-state index is 10.8. The number of benzene rings is 1. The van der Waals surface area contributed by atoms with Gasteiger partial charge in [-0.25, -0.2) is 0 Å². The largest absolute Gasteiger partial charge is 0.467 e. The summed E-state index contributed by atoms with van der Waals surface area (Å²) in [6, 6.07) is 9.88. The third-order valence-corrected chi connectivity index (χ3v) is 2.21. The molecule has 1 unspecified atom stereocenters. The smallest absolute Gasteiger partial charge is 0.176 e. The number of anilines is 1. The molecular weight excluding hydrogens is 192 g/mol. The van der Waals surface area contributed by atoms with E-state index in [1.54, 1.807) is 24.3 Å². The Morgan fingerprint density at radius 1 is 1.20 bits per heavy atom. The van der Waals surface area contributed by atoms with E-state index in [1.165, 1.54) is 6.26 Å². The molecular formula is C11H10N2O2. The molecule has 0 bridgehead atoms. The van der Waals surface area contributed by atoms with Crippen LogP contribution in [0.4, 0.5) is 5.69 Å². The van der Waals surface area contributed by atoms with Crippen molar-refractivity contribution in [3.63, 3.8) is 0 Å². The molecule has 2 aromatic rings. The van der Waals surface area contributed by atoms with Crippen LogP contribution in [0, 0.1) is 4.91 Å². The molecule has 1 heterocycles. The van der Waals surface area contributed by atoms with Crippen molar-refractivity contribution in [3.8, 4) is 0 Å². The normalized spacial score (nSPS) is 12.3. The van der Waals surface area contributed by atoms with Crippen LogP contribution in [0.1, 0.15) is 17.4 Å². The molecule has 4 heteroatoms. The van der Waals surface area contributed by atoms with Gasteiger partial charge < -0.3 is 10.2 Å². The van der Waals surface area contributed by atoms with Gasteiger partial charge >= 0.3 is 0 Å². The lowest BCUT2D eigenvalue weighted by Crippen LogP contribution is -2.00. The fraction of sp³-hybridized carbons (Fsp3) is 0.0909. The van der Waals surface area contributed by atoms with E-state index in [0.29, 0.717) is 17.0 Å². The Morgan fingerprint density at radius 2 is 2.00 bits per heavy atom. The van der Waals surface area contributed by atoms with Gasteiger partial charge in [-0.15, -0.1) is 4.91 Å². The molecule has 1 atom stereocenters. The van der Waals surface area contributed by atoms with E-state index in [-0.39, 0.29) is 0 Å². The Kier molecular flexibility index (Phi) is 2.49. The van der Waals surface area contributed by atoms with Gasteiger partial charge in [-0.3, -0.25) is 0 Å². The summed E-state index contributed by atoms with van der Waals surface area (Å²) >= 11 is 0. The van der Waals surface area contributed by atoms with Crippen molar-refractivity contribution in [1.82, 2.24) is 0 Å². The van der Waals surface area contributed by atoms with E-state index in [0.717, 1.165) is 0 Å². The maximum absolute atomic E-state index is 10.8. The predicted molar refractivity (Wildman–Crippen MR) is 57.2 cm³/mol. The Bertz CT molecular complexity index is 451. The van der Waals surface area contributed by atoms with E-state index in [1.807, 2.05) is 12.1 Å². The fourth-order valence-corrected chi connectivity index (χ4v) is 1.47. The highest BCUT2D eigenvalue weighted by molar-refractivity contribution is 5.50. The number of nitrogens with two attached hydrogens (primary N) is 1. The molecule has 0 fully saturated rings. The zero-order valence-corrected chi connectivity index (χ0v) is 7.96. The van der Waals surface area contributed by atoms with Crippen LogP contribution in [0.15, 0.2) is 52.3 Å². The third-order valence-electron chi connectivity index (χ3n) is 2.21. The molecule has 4 nitrogen and oxygen atoms in total. The quantitative estimate of drug-likeness (QED) is 0.614. The summed E-state index contributed by atoms with van der Waals surface area (Å²) in [5.74, 6) is 0.503. The van der Waals surface area contributed by atoms with Gasteiger partial charge in [0.1, 0.15) is 5.76 Å². The van der Waals surface area contributed by atoms with Crippen LogP contribution in [0.2, 0.25) is 0 Å². The number of hydrogen-bond acceptors (Lipinski definition) is 4. The second-order valence-electron chi connectivity index (χ2n) is 3.15. The zero-order chi connectivity index (χ0) is 10.7. The summed E-state index contributed by atoms with van der Waals surface area (Å²) in [6.45, 7) is 0. The summed E-state index contributed by atoms with van der Waals surface area (Å²) in [5, 5.41) is 3.04. The SMILES string of the molecule is Nc1ccccc1C(N=O)c1ccco1. The van der Waals surface area contributed by atoms with Crippen LogP contribution < -0.4 is 5.73 Å². The molecule has 0 spiro atoms.